The van der Waals surface area contributed by atoms with Crippen molar-refractivity contribution >= 4 is 90.4 Å². The fourth-order valence-corrected chi connectivity index (χ4v) is 5.46. The first-order valence-corrected chi connectivity index (χ1v) is 20.2. The van der Waals surface area contributed by atoms with Crippen LogP contribution in [0.2, 0.25) is 0 Å². The molecular weight excluding hydrogens is 938 g/mol. The van der Waals surface area contributed by atoms with Crippen LogP contribution in [-0.4, -0.2) is 48.8 Å². The van der Waals surface area contributed by atoms with E-state index < -0.39 is 52.9 Å². The van der Waals surface area contributed by atoms with Crippen LogP contribution in [0.4, 0.5) is 62.1 Å². The van der Waals surface area contributed by atoms with Crippen LogP contribution in [0.5, 0.6) is 0 Å². The Morgan fingerprint density at radius 1 is 0.629 bits per heavy atom. The van der Waals surface area contributed by atoms with Gasteiger partial charge in [-0.25, -0.2) is 28.0 Å². The van der Waals surface area contributed by atoms with Gasteiger partial charge in [0.05, 0.1) is 48.2 Å². The summed E-state index contributed by atoms with van der Waals surface area (Å²) in [6.45, 7) is 14.1. The zero-order valence-electron chi connectivity index (χ0n) is 34.6. The second-order valence-electron chi connectivity index (χ2n) is 14.7. The molecule has 4 amide bonds. The predicted molar refractivity (Wildman–Crippen MR) is 250 cm³/mol. The van der Waals surface area contributed by atoms with E-state index in [2.05, 4.69) is 53.1 Å². The molecule has 340 valence electrons. The first kappa shape index (κ1) is 54.4. The Morgan fingerprint density at radius 2 is 1.10 bits per heavy atom. The van der Waals surface area contributed by atoms with Crippen molar-refractivity contribution in [2.45, 2.75) is 94.5 Å². The molecule has 0 heterocycles. The number of nitrogen functional groups attached to an aromatic ring is 1. The Hall–Kier alpha value is -5.62. The molecule has 4 rings (SSSR count). The maximum Gasteiger partial charge on any atom is 0.415 e. The molecule has 4 aromatic rings. The number of amides is 4. The van der Waals surface area contributed by atoms with Gasteiger partial charge in [-0.1, -0.05) is 71.0 Å². The number of hydrogen-bond donors (Lipinski definition) is 5. The summed E-state index contributed by atoms with van der Waals surface area (Å²) in [5.74, 6) is -1.60. The van der Waals surface area contributed by atoms with Gasteiger partial charge >= 0.3 is 24.4 Å². The second-order valence-corrected chi connectivity index (χ2v) is 16.5. The van der Waals surface area contributed by atoms with Crippen molar-refractivity contribution in [3.8, 4) is 0 Å². The molecule has 0 atom stereocenters. The number of anilines is 6. The molecule has 0 aromatic heterocycles. The minimum absolute atomic E-state index is 0. The van der Waals surface area contributed by atoms with Crippen LogP contribution in [0, 0.1) is 11.6 Å². The lowest BCUT2D eigenvalue weighted by molar-refractivity contribution is 0.0575. The first-order valence-electron chi connectivity index (χ1n) is 18.6. The Kier molecular flexibility index (Phi) is 21.7. The SMILES string of the molecule is C.C.CCOC(=O)Nc1ccc(N(Cc2ccc(Br)cc2)C(=O)OC(C)(C)C)c(F)c1NC(=O)OC(C)(C)C.CCOC(=O)Nc1ccc(NCc2ccc(Br)cc2)c(F)c1N. The first-order chi connectivity index (χ1) is 28.1. The number of carbonyl (C=O) groups is 4. The maximum absolute atomic E-state index is 16.1. The maximum atomic E-state index is 16.1. The Labute approximate surface area is 379 Å². The summed E-state index contributed by atoms with van der Waals surface area (Å²) in [7, 11) is 0. The number of carbonyl (C=O) groups excluding carboxylic acids is 4. The number of ether oxygens (including phenoxy) is 4. The molecule has 6 N–H and O–H groups in total. The molecule has 0 aliphatic rings. The molecule has 0 radical (unpaired) electrons. The van der Waals surface area contributed by atoms with Crippen LogP contribution in [0.25, 0.3) is 0 Å². The molecule has 0 fully saturated rings. The van der Waals surface area contributed by atoms with E-state index in [1.54, 1.807) is 79.7 Å². The minimum Gasteiger partial charge on any atom is -0.450 e. The molecule has 14 nitrogen and oxygen atoms in total. The molecule has 0 spiro atoms. The molecule has 0 bridgehead atoms. The van der Waals surface area contributed by atoms with Crippen LogP contribution in [-0.2, 0) is 32.0 Å². The highest BCUT2D eigenvalue weighted by Gasteiger charge is 2.29. The lowest BCUT2D eigenvalue weighted by Crippen LogP contribution is -2.37. The average Bonchev–Trinajstić information content (AvgIpc) is 3.14. The van der Waals surface area contributed by atoms with Gasteiger partial charge in [0.15, 0.2) is 11.6 Å². The van der Waals surface area contributed by atoms with Crippen molar-refractivity contribution in [2.75, 3.05) is 45.1 Å². The summed E-state index contributed by atoms with van der Waals surface area (Å²) < 4.78 is 52.5. The summed E-state index contributed by atoms with van der Waals surface area (Å²) in [5, 5.41) is 10.1. The molecule has 0 aliphatic carbocycles. The largest absolute Gasteiger partial charge is 0.450 e. The van der Waals surface area contributed by atoms with Crippen LogP contribution in [0.3, 0.4) is 0 Å². The Morgan fingerprint density at radius 3 is 1.60 bits per heavy atom. The third-order valence-electron chi connectivity index (χ3n) is 7.51. The zero-order valence-corrected chi connectivity index (χ0v) is 37.7. The average molecular weight is 997 g/mol. The molecule has 0 saturated heterocycles. The standard InChI is InChI=1S/C26H33BrFN3O6.C16H17BrFN3O2.2CH4/c1-8-35-22(32)29-18-13-14-19(20(28)21(18)30-23(33)36-25(2,3)4)31(24(34)37-26(5,6)7)15-16-9-11-17(27)12-10-16;1-2-23-16(22)21-13-8-7-12(14(18)15(13)19)20-9-10-3-5-11(17)6-4-10;;/h9-14H,8,15H2,1-7H3,(H,29,32)(H,30,33);3-8,20H,2,9,19H2,1H3,(H,21,22);2*1H4. The van der Waals surface area contributed by atoms with Crippen molar-refractivity contribution in [1.82, 2.24) is 0 Å². The van der Waals surface area contributed by atoms with Gasteiger partial charge < -0.3 is 30.0 Å². The van der Waals surface area contributed by atoms with Gasteiger partial charge in [-0.3, -0.25) is 20.9 Å². The van der Waals surface area contributed by atoms with E-state index in [0.717, 1.165) is 19.4 Å². The Balaban J connectivity index is 0.000000662. The van der Waals surface area contributed by atoms with Crippen LogP contribution < -0.4 is 31.9 Å². The van der Waals surface area contributed by atoms with E-state index in [1.807, 2.05) is 24.3 Å². The monoisotopic (exact) mass is 994 g/mol. The van der Waals surface area contributed by atoms with Gasteiger partial charge in [0, 0.05) is 15.5 Å². The van der Waals surface area contributed by atoms with Crippen LogP contribution in [0.1, 0.15) is 81.4 Å². The normalized spacial score (nSPS) is 10.6. The van der Waals surface area contributed by atoms with Gasteiger partial charge in [-0.2, -0.15) is 0 Å². The van der Waals surface area contributed by atoms with Crippen molar-refractivity contribution in [3.63, 3.8) is 0 Å². The molecular formula is C44H58Br2F2N6O8. The third kappa shape index (κ3) is 17.8. The number of nitrogens with two attached hydrogens (primary N) is 1. The van der Waals surface area contributed by atoms with Crippen molar-refractivity contribution in [3.05, 3.63) is 105 Å². The van der Waals surface area contributed by atoms with Crippen molar-refractivity contribution < 1.29 is 46.9 Å². The summed E-state index contributed by atoms with van der Waals surface area (Å²) in [6.07, 6.45) is -3.27. The van der Waals surface area contributed by atoms with Crippen molar-refractivity contribution in [2.24, 2.45) is 0 Å². The van der Waals surface area contributed by atoms with E-state index >= 15 is 4.39 Å². The number of hydrogen-bond acceptors (Lipinski definition) is 10. The predicted octanol–water partition coefficient (Wildman–Crippen LogP) is 13.1. The number of rotatable bonds is 11. The molecule has 0 unspecified atom stereocenters. The summed E-state index contributed by atoms with van der Waals surface area (Å²) in [5.41, 5.74) is 5.34. The van der Waals surface area contributed by atoms with E-state index in [1.165, 1.54) is 24.3 Å². The molecule has 18 heteroatoms. The highest BCUT2D eigenvalue weighted by atomic mass is 79.9. The molecule has 0 saturated carbocycles. The van der Waals surface area contributed by atoms with Gasteiger partial charge in [0.1, 0.15) is 16.9 Å². The molecule has 0 aliphatic heterocycles. The zero-order chi connectivity index (χ0) is 44.8. The fraction of sp³-hybridized carbons (Fsp3) is 0.364. The third-order valence-corrected chi connectivity index (χ3v) is 8.56. The number of halogens is 4. The van der Waals surface area contributed by atoms with Crippen LogP contribution >= 0.6 is 31.9 Å². The van der Waals surface area contributed by atoms with Gasteiger partial charge in [0.25, 0.3) is 0 Å². The van der Waals surface area contributed by atoms with E-state index in [9.17, 15) is 23.6 Å². The van der Waals surface area contributed by atoms with E-state index in [4.69, 9.17) is 24.7 Å². The fourth-order valence-electron chi connectivity index (χ4n) is 4.94. The number of nitrogens with one attached hydrogen (secondary N) is 4. The molecule has 4 aromatic carbocycles. The summed E-state index contributed by atoms with van der Waals surface area (Å²) >= 11 is 6.73. The number of benzene rings is 4. The highest BCUT2D eigenvalue weighted by Crippen LogP contribution is 2.35. The smallest absolute Gasteiger partial charge is 0.415 e. The topological polar surface area (TPSA) is 183 Å². The van der Waals surface area contributed by atoms with E-state index in [0.29, 0.717) is 12.1 Å². The summed E-state index contributed by atoms with van der Waals surface area (Å²) in [6, 6.07) is 20.5. The van der Waals surface area contributed by atoms with Crippen LogP contribution in [0.15, 0.2) is 81.7 Å². The number of nitrogens with zero attached hydrogens (tertiary/aromatic N) is 1. The van der Waals surface area contributed by atoms with E-state index in [-0.39, 0.29) is 63.0 Å². The lowest BCUT2D eigenvalue weighted by atomic mass is 10.1. The van der Waals surface area contributed by atoms with Crippen molar-refractivity contribution in [1.29, 1.82) is 0 Å². The summed E-state index contributed by atoms with van der Waals surface area (Å²) in [4.78, 5) is 50.2. The minimum atomic E-state index is -0.983. The van der Waals surface area contributed by atoms with Gasteiger partial charge in [0.2, 0.25) is 0 Å². The Bertz CT molecular complexity index is 2110. The van der Waals surface area contributed by atoms with Gasteiger partial charge in [-0.05, 0) is 115 Å². The second kappa shape index (κ2) is 24.7. The highest BCUT2D eigenvalue weighted by molar-refractivity contribution is 9.10. The lowest BCUT2D eigenvalue weighted by Gasteiger charge is -2.29. The van der Waals surface area contributed by atoms with Gasteiger partial charge in [-0.15, -0.1) is 0 Å². The quantitative estimate of drug-likeness (QED) is 0.0716. The molecule has 62 heavy (non-hydrogen) atoms.